The largest absolute Gasteiger partial charge is 0.497 e. The molecule has 3 aromatic rings. The number of aromatic nitrogens is 2. The maximum Gasteiger partial charge on any atom is 0.243 e. The number of methoxy groups -OCH3 is 1. The second-order valence-corrected chi connectivity index (χ2v) is 10.1. The quantitative estimate of drug-likeness (QED) is 0.490. The summed E-state index contributed by atoms with van der Waals surface area (Å²) in [4.78, 5) is 16.5. The Morgan fingerprint density at radius 3 is 2.39 bits per heavy atom. The fourth-order valence-corrected chi connectivity index (χ4v) is 5.56. The number of imidazole rings is 1. The van der Waals surface area contributed by atoms with E-state index < -0.39 is 21.2 Å². The Kier molecular flexibility index (Phi) is 6.93. The number of ether oxygens (including phenoxy) is 1. The summed E-state index contributed by atoms with van der Waals surface area (Å²) in [6.07, 6.45) is 0. The molecule has 0 unspecified atom stereocenters. The van der Waals surface area contributed by atoms with Gasteiger partial charge in [0, 0.05) is 18.8 Å². The highest BCUT2D eigenvalue weighted by atomic mass is 32.2. The molecule has 0 bridgehead atoms. The number of carbonyl (C=O) groups is 1. The Hall–Kier alpha value is -2.56. The highest BCUT2D eigenvalue weighted by Gasteiger charge is 2.24. The monoisotopic (exact) mass is 462 g/mol. The zero-order valence-corrected chi connectivity index (χ0v) is 19.5. The first-order valence-corrected chi connectivity index (χ1v) is 12.2. The molecule has 0 aliphatic rings. The minimum Gasteiger partial charge on any atom is -0.497 e. The summed E-state index contributed by atoms with van der Waals surface area (Å²) >= 11 is 1.22. The fraction of sp³-hybridized carbons (Fsp3) is 0.333. The first kappa shape index (κ1) is 23.1. The Balaban J connectivity index is 2.18. The van der Waals surface area contributed by atoms with E-state index >= 15 is 0 Å². The van der Waals surface area contributed by atoms with Crippen LogP contribution in [-0.4, -0.2) is 53.6 Å². The number of nitrogens with zero attached hydrogens (tertiary/aromatic N) is 3. The number of hydrogen-bond acceptors (Lipinski definition) is 6. The third kappa shape index (κ3) is 4.56. The predicted molar refractivity (Wildman–Crippen MR) is 122 cm³/mol. The smallest absolute Gasteiger partial charge is 0.243 e. The van der Waals surface area contributed by atoms with Crippen LogP contribution in [0, 0.1) is 0 Å². The second-order valence-electron chi connectivity index (χ2n) is 6.83. The summed E-state index contributed by atoms with van der Waals surface area (Å²) in [5, 5.41) is 0.0385. The van der Waals surface area contributed by atoms with Crippen molar-refractivity contribution in [3.05, 3.63) is 42.5 Å². The van der Waals surface area contributed by atoms with Gasteiger partial charge in [0.2, 0.25) is 15.9 Å². The average Bonchev–Trinajstić information content (AvgIpc) is 3.11. The van der Waals surface area contributed by atoms with Crippen LogP contribution in [0.5, 0.6) is 5.75 Å². The molecule has 166 valence electrons. The Morgan fingerprint density at radius 1 is 1.19 bits per heavy atom. The number of hydrogen-bond donors (Lipinski definition) is 1. The van der Waals surface area contributed by atoms with Gasteiger partial charge in [-0.3, -0.25) is 9.36 Å². The molecule has 1 heterocycles. The van der Waals surface area contributed by atoms with Crippen LogP contribution in [-0.2, 0) is 14.8 Å². The fourth-order valence-electron chi connectivity index (χ4n) is 3.19. The standard InChI is InChI=1S/C21H26N4O4S2/c1-5-24(6-2)31(27,28)17-11-12-19-18(13-17)23-21(30-14(3)20(22)26)25(19)15-7-9-16(29-4)10-8-15/h7-14H,5-6H2,1-4H3,(H2,22,26)/t14-/m1/s1. The summed E-state index contributed by atoms with van der Waals surface area (Å²) in [6.45, 7) is 6.08. The number of thioether (sulfide) groups is 1. The molecule has 0 aliphatic heterocycles. The molecule has 31 heavy (non-hydrogen) atoms. The predicted octanol–water partition coefficient (Wildman–Crippen LogP) is 3.03. The van der Waals surface area contributed by atoms with Gasteiger partial charge in [-0.1, -0.05) is 25.6 Å². The Labute approximate surface area is 186 Å². The van der Waals surface area contributed by atoms with E-state index in [0.717, 1.165) is 11.2 Å². The lowest BCUT2D eigenvalue weighted by atomic mass is 10.2. The minimum absolute atomic E-state index is 0.183. The van der Waals surface area contributed by atoms with E-state index in [1.54, 1.807) is 46.1 Å². The topological polar surface area (TPSA) is 108 Å². The van der Waals surface area contributed by atoms with Gasteiger partial charge in [0.15, 0.2) is 5.16 Å². The molecular weight excluding hydrogens is 436 g/mol. The molecular formula is C21H26N4O4S2. The zero-order chi connectivity index (χ0) is 22.8. The molecule has 2 N–H and O–H groups in total. The average molecular weight is 463 g/mol. The van der Waals surface area contributed by atoms with Gasteiger partial charge in [-0.05, 0) is 49.4 Å². The van der Waals surface area contributed by atoms with Gasteiger partial charge < -0.3 is 10.5 Å². The van der Waals surface area contributed by atoms with E-state index in [1.807, 2.05) is 28.8 Å². The molecule has 1 aromatic heterocycles. The number of fused-ring (bicyclic) bond motifs is 1. The van der Waals surface area contributed by atoms with Gasteiger partial charge in [0.05, 0.1) is 28.3 Å². The Morgan fingerprint density at radius 2 is 1.84 bits per heavy atom. The number of benzene rings is 2. The van der Waals surface area contributed by atoms with E-state index in [9.17, 15) is 13.2 Å². The number of sulfonamides is 1. The second kappa shape index (κ2) is 9.29. The molecule has 0 radical (unpaired) electrons. The third-order valence-corrected chi connectivity index (χ3v) is 8.07. The summed E-state index contributed by atoms with van der Waals surface area (Å²) in [7, 11) is -2.03. The first-order chi connectivity index (χ1) is 14.7. The molecule has 0 aliphatic carbocycles. The van der Waals surface area contributed by atoms with E-state index in [4.69, 9.17) is 10.5 Å². The maximum atomic E-state index is 12.9. The van der Waals surface area contributed by atoms with Crippen LogP contribution < -0.4 is 10.5 Å². The summed E-state index contributed by atoms with van der Waals surface area (Å²) in [6, 6.07) is 12.3. The summed E-state index contributed by atoms with van der Waals surface area (Å²) < 4.78 is 34.4. The molecule has 1 amide bonds. The van der Waals surface area contributed by atoms with Gasteiger partial charge in [-0.15, -0.1) is 0 Å². The van der Waals surface area contributed by atoms with Crippen LogP contribution in [0.4, 0.5) is 0 Å². The van der Waals surface area contributed by atoms with Crippen LogP contribution in [0.1, 0.15) is 20.8 Å². The number of nitrogens with two attached hydrogens (primary N) is 1. The molecule has 0 spiro atoms. The van der Waals surface area contributed by atoms with Crippen molar-refractivity contribution < 1.29 is 17.9 Å². The Bertz CT molecular complexity index is 1190. The van der Waals surface area contributed by atoms with E-state index in [1.165, 1.54) is 16.1 Å². The number of rotatable bonds is 9. The van der Waals surface area contributed by atoms with Gasteiger partial charge in [-0.2, -0.15) is 4.31 Å². The molecule has 10 heteroatoms. The zero-order valence-electron chi connectivity index (χ0n) is 17.9. The maximum absolute atomic E-state index is 12.9. The van der Waals surface area contributed by atoms with Crippen LogP contribution in [0.2, 0.25) is 0 Å². The van der Waals surface area contributed by atoms with Gasteiger partial charge in [-0.25, -0.2) is 13.4 Å². The normalized spacial score (nSPS) is 12.9. The number of carbonyl (C=O) groups excluding carboxylic acids is 1. The van der Waals surface area contributed by atoms with Crippen LogP contribution in [0.15, 0.2) is 52.5 Å². The highest BCUT2D eigenvalue weighted by molar-refractivity contribution is 8.00. The summed E-state index contributed by atoms with van der Waals surface area (Å²) in [5.74, 6) is 0.253. The van der Waals surface area contributed by atoms with Crippen molar-refractivity contribution in [2.24, 2.45) is 5.73 Å². The van der Waals surface area contributed by atoms with Crippen molar-refractivity contribution in [2.45, 2.75) is 36.1 Å². The lowest BCUT2D eigenvalue weighted by molar-refractivity contribution is -0.117. The van der Waals surface area contributed by atoms with Crippen molar-refractivity contribution in [3.8, 4) is 11.4 Å². The summed E-state index contributed by atoms with van der Waals surface area (Å²) in [5.41, 5.74) is 7.50. The van der Waals surface area contributed by atoms with Crippen molar-refractivity contribution in [1.82, 2.24) is 13.9 Å². The number of amides is 1. The van der Waals surface area contributed by atoms with Crippen LogP contribution in [0.25, 0.3) is 16.7 Å². The van der Waals surface area contributed by atoms with E-state index in [0.29, 0.717) is 29.5 Å². The molecule has 1 atom stereocenters. The lowest BCUT2D eigenvalue weighted by Crippen LogP contribution is -2.30. The molecule has 8 nitrogen and oxygen atoms in total. The van der Waals surface area contributed by atoms with Gasteiger partial charge in [0.1, 0.15) is 5.75 Å². The lowest BCUT2D eigenvalue weighted by Gasteiger charge is -2.18. The van der Waals surface area contributed by atoms with Gasteiger partial charge in [0.25, 0.3) is 0 Å². The third-order valence-electron chi connectivity index (χ3n) is 4.95. The van der Waals surface area contributed by atoms with Crippen molar-refractivity contribution in [3.63, 3.8) is 0 Å². The van der Waals surface area contributed by atoms with Crippen LogP contribution in [0.3, 0.4) is 0 Å². The number of primary amides is 1. The highest BCUT2D eigenvalue weighted by Crippen LogP contribution is 2.32. The SMILES string of the molecule is CCN(CC)S(=O)(=O)c1ccc2c(c1)nc(S[C@H](C)C(N)=O)n2-c1ccc(OC)cc1. The molecule has 0 saturated carbocycles. The van der Waals surface area contributed by atoms with Crippen LogP contribution >= 0.6 is 11.8 Å². The van der Waals surface area contributed by atoms with Gasteiger partial charge >= 0.3 is 0 Å². The molecule has 0 fully saturated rings. The van der Waals surface area contributed by atoms with Crippen molar-refractivity contribution in [1.29, 1.82) is 0 Å². The molecule has 2 aromatic carbocycles. The molecule has 3 rings (SSSR count). The van der Waals surface area contributed by atoms with Crippen molar-refractivity contribution >= 4 is 38.7 Å². The molecule has 0 saturated heterocycles. The van der Waals surface area contributed by atoms with E-state index in [2.05, 4.69) is 4.98 Å². The minimum atomic E-state index is -3.62. The van der Waals surface area contributed by atoms with E-state index in [-0.39, 0.29) is 4.90 Å². The van der Waals surface area contributed by atoms with Crippen molar-refractivity contribution in [2.75, 3.05) is 20.2 Å². The first-order valence-electron chi connectivity index (χ1n) is 9.86.